The summed E-state index contributed by atoms with van der Waals surface area (Å²) in [7, 11) is 0. The first-order chi connectivity index (χ1) is 10.4. The Balaban J connectivity index is 2.59. The van der Waals surface area contributed by atoms with Crippen LogP contribution in [0.15, 0.2) is 34.8 Å². The zero-order valence-electron chi connectivity index (χ0n) is 10.9. The number of carboxylic acid groups (broad SMARTS) is 1. The average molecular weight is 315 g/mol. The van der Waals surface area contributed by atoms with Gasteiger partial charge in [0.15, 0.2) is 6.23 Å². The van der Waals surface area contributed by atoms with Crippen LogP contribution in [0, 0.1) is 0 Å². The van der Waals surface area contributed by atoms with Gasteiger partial charge in [-0.25, -0.2) is 18.4 Å². The Hall–Kier alpha value is -2.59. The lowest BCUT2D eigenvalue weighted by molar-refractivity contribution is -0.00870. The third kappa shape index (κ3) is 2.49. The molecule has 0 aliphatic carbocycles. The molecule has 10 heteroatoms. The fraction of sp³-hybridized carbons (Fsp3) is 0.250. The summed E-state index contributed by atoms with van der Waals surface area (Å²) in [5, 5.41) is 18.1. The van der Waals surface area contributed by atoms with Crippen molar-refractivity contribution < 1.29 is 28.5 Å². The maximum Gasteiger partial charge on any atom is 0.351 e. The van der Waals surface area contributed by atoms with Crippen molar-refractivity contribution >= 4 is 11.8 Å². The normalized spacial score (nSPS) is 25.0. The lowest BCUT2D eigenvalue weighted by Gasteiger charge is -2.15. The molecule has 1 aromatic rings. The number of ether oxygens (including phenoxy) is 1. The zero-order chi connectivity index (χ0) is 16.4. The molecule has 1 saturated heterocycles. The first kappa shape index (κ1) is 15.8. The van der Waals surface area contributed by atoms with Gasteiger partial charge in [0, 0.05) is 17.3 Å². The Morgan fingerprint density at radius 2 is 2.09 bits per heavy atom. The van der Waals surface area contributed by atoms with E-state index in [1.54, 1.807) is 0 Å². The van der Waals surface area contributed by atoms with E-state index in [1.807, 2.05) is 0 Å². The van der Waals surface area contributed by atoms with Gasteiger partial charge in [-0.05, 0) is 0 Å². The number of aromatic nitrogens is 2. The quantitative estimate of drug-likeness (QED) is 0.722. The summed E-state index contributed by atoms with van der Waals surface area (Å²) < 4.78 is 31.7. The van der Waals surface area contributed by atoms with Gasteiger partial charge in [-0.1, -0.05) is 0 Å². The molecule has 2 rings (SSSR count). The van der Waals surface area contributed by atoms with E-state index in [9.17, 15) is 18.4 Å². The highest BCUT2D eigenvalue weighted by atomic mass is 19.1. The van der Waals surface area contributed by atoms with Crippen LogP contribution in [0.4, 0.5) is 14.6 Å². The monoisotopic (exact) mass is 315 g/mol. The summed E-state index contributed by atoms with van der Waals surface area (Å²) in [4.78, 5) is 26.2. The molecule has 1 fully saturated rings. The Labute approximate surface area is 121 Å². The second-order valence-corrected chi connectivity index (χ2v) is 4.32. The largest absolute Gasteiger partial charge is 0.478 e. The number of nitrogens with two attached hydrogens (primary N) is 1. The molecule has 0 aromatic carbocycles. The molecule has 0 bridgehead atoms. The highest BCUT2D eigenvalue weighted by Crippen LogP contribution is 2.38. The van der Waals surface area contributed by atoms with Crippen LogP contribution in [0.3, 0.4) is 0 Å². The summed E-state index contributed by atoms with van der Waals surface area (Å²) >= 11 is 0. The third-order valence-electron chi connectivity index (χ3n) is 3.10. The number of rotatable bonds is 3. The molecular weight excluding hydrogens is 304 g/mol. The van der Waals surface area contributed by atoms with Gasteiger partial charge in [0.25, 0.3) is 0 Å². The predicted molar refractivity (Wildman–Crippen MR) is 69.2 cm³/mol. The Kier molecular flexibility index (Phi) is 4.33. The Bertz CT molecular complexity index is 728. The number of halogens is 2. The number of aliphatic hydroxyl groups excluding tert-OH is 1. The Morgan fingerprint density at radius 1 is 1.45 bits per heavy atom. The van der Waals surface area contributed by atoms with E-state index in [1.165, 1.54) is 0 Å². The molecule has 4 N–H and O–H groups in total. The molecule has 2 unspecified atom stereocenters. The maximum absolute atomic E-state index is 13.0. The molecule has 0 saturated carbocycles. The molecular formula is C12H11F2N3O5. The molecule has 8 nitrogen and oxygen atoms in total. The van der Waals surface area contributed by atoms with Crippen LogP contribution < -0.4 is 11.4 Å². The minimum absolute atomic E-state index is 0.00891. The molecule has 22 heavy (non-hydrogen) atoms. The van der Waals surface area contributed by atoms with Crippen LogP contribution in [0.2, 0.25) is 0 Å². The number of aromatic carboxylic acids is 1. The van der Waals surface area contributed by atoms with Crippen molar-refractivity contribution in [3.05, 3.63) is 46.1 Å². The molecule has 0 radical (unpaired) electrons. The van der Waals surface area contributed by atoms with Gasteiger partial charge >= 0.3 is 11.7 Å². The summed E-state index contributed by atoms with van der Waals surface area (Å²) in [5.41, 5.74) is 3.14. The summed E-state index contributed by atoms with van der Waals surface area (Å²) in [6.45, 7) is -0.660. The van der Waals surface area contributed by atoms with Crippen molar-refractivity contribution in [1.82, 2.24) is 9.55 Å². The highest BCUT2D eigenvalue weighted by molar-refractivity contribution is 5.92. The minimum Gasteiger partial charge on any atom is -0.478 e. The van der Waals surface area contributed by atoms with E-state index in [0.29, 0.717) is 4.57 Å². The summed E-state index contributed by atoms with van der Waals surface area (Å²) in [6, 6.07) is 0. The smallest absolute Gasteiger partial charge is 0.351 e. The number of hydrogen-bond donors (Lipinski definition) is 3. The summed E-state index contributed by atoms with van der Waals surface area (Å²) in [5.74, 6) is -1.97. The van der Waals surface area contributed by atoms with Crippen molar-refractivity contribution in [3.8, 4) is 0 Å². The number of nitrogens with zero attached hydrogens (tertiary/aromatic N) is 2. The summed E-state index contributed by atoms with van der Waals surface area (Å²) in [6.07, 6.45) is -1.80. The standard InChI is InChI=1S/C12H11F2N3O5/c13-1-5-6(2-14)10(22-8(5)4-18)17-3-7(11(19)20)9(15)16-12(17)21/h1-3,8,10,18H,4H2,(H,19,20)(H2,15,16,21)/b5-1+,6-2+. The number of carbonyl (C=O) groups is 1. The van der Waals surface area contributed by atoms with E-state index < -0.39 is 42.0 Å². The van der Waals surface area contributed by atoms with Crippen LogP contribution in [0.25, 0.3) is 0 Å². The van der Waals surface area contributed by atoms with E-state index in [4.69, 9.17) is 20.7 Å². The van der Waals surface area contributed by atoms with E-state index in [2.05, 4.69) is 4.98 Å². The van der Waals surface area contributed by atoms with Crippen LogP contribution >= 0.6 is 0 Å². The first-order valence-corrected chi connectivity index (χ1v) is 5.93. The minimum atomic E-state index is -1.47. The van der Waals surface area contributed by atoms with Crippen molar-refractivity contribution in [1.29, 1.82) is 0 Å². The van der Waals surface area contributed by atoms with Gasteiger partial charge in [-0.3, -0.25) is 4.57 Å². The van der Waals surface area contributed by atoms with Crippen molar-refractivity contribution in [2.24, 2.45) is 0 Å². The molecule has 2 heterocycles. The Morgan fingerprint density at radius 3 is 2.59 bits per heavy atom. The fourth-order valence-electron chi connectivity index (χ4n) is 2.05. The SMILES string of the molecule is Nc1nc(=O)n(C2OC(CO)C(=C/F)/C2=C\F)cc1C(=O)O. The number of anilines is 1. The number of aliphatic hydroxyl groups is 1. The second kappa shape index (κ2) is 6.03. The molecule has 0 spiro atoms. The molecule has 1 aromatic heterocycles. The average Bonchev–Trinajstić information content (AvgIpc) is 2.84. The predicted octanol–water partition coefficient (Wildman–Crippen LogP) is 0.120. The van der Waals surface area contributed by atoms with Crippen LogP contribution in [-0.4, -0.2) is 38.4 Å². The van der Waals surface area contributed by atoms with E-state index in [-0.39, 0.29) is 23.8 Å². The highest BCUT2D eigenvalue weighted by Gasteiger charge is 2.37. The van der Waals surface area contributed by atoms with Gasteiger partial charge in [0.05, 0.1) is 19.3 Å². The van der Waals surface area contributed by atoms with Crippen molar-refractivity contribution in [3.63, 3.8) is 0 Å². The molecule has 0 amide bonds. The van der Waals surface area contributed by atoms with Gasteiger partial charge in [-0.15, -0.1) is 0 Å². The van der Waals surface area contributed by atoms with Crippen molar-refractivity contribution in [2.45, 2.75) is 12.3 Å². The number of hydrogen-bond acceptors (Lipinski definition) is 6. The van der Waals surface area contributed by atoms with E-state index in [0.717, 1.165) is 6.20 Å². The van der Waals surface area contributed by atoms with Gasteiger partial charge in [0.1, 0.15) is 17.5 Å². The van der Waals surface area contributed by atoms with Gasteiger partial charge < -0.3 is 20.7 Å². The van der Waals surface area contributed by atoms with Crippen LogP contribution in [0.5, 0.6) is 0 Å². The lowest BCUT2D eigenvalue weighted by Crippen LogP contribution is -2.30. The fourth-order valence-corrected chi connectivity index (χ4v) is 2.05. The lowest BCUT2D eigenvalue weighted by atomic mass is 10.1. The second-order valence-electron chi connectivity index (χ2n) is 4.32. The molecule has 1 aliphatic rings. The topological polar surface area (TPSA) is 128 Å². The zero-order valence-corrected chi connectivity index (χ0v) is 10.9. The van der Waals surface area contributed by atoms with Gasteiger partial charge in [-0.2, -0.15) is 4.98 Å². The van der Waals surface area contributed by atoms with Crippen molar-refractivity contribution in [2.75, 3.05) is 12.3 Å². The number of carboxylic acids is 1. The number of nitrogen functional groups attached to an aromatic ring is 1. The third-order valence-corrected chi connectivity index (χ3v) is 3.10. The molecule has 1 aliphatic heterocycles. The van der Waals surface area contributed by atoms with E-state index >= 15 is 0 Å². The first-order valence-electron chi connectivity index (χ1n) is 5.93. The van der Waals surface area contributed by atoms with Gasteiger partial charge in [0.2, 0.25) is 0 Å². The van der Waals surface area contributed by atoms with Crippen LogP contribution in [0.1, 0.15) is 16.6 Å². The molecule has 2 atom stereocenters. The molecule has 118 valence electrons. The maximum atomic E-state index is 13.0. The van der Waals surface area contributed by atoms with Crippen LogP contribution in [-0.2, 0) is 4.74 Å².